The number of rotatable bonds is 5. The summed E-state index contributed by atoms with van der Waals surface area (Å²) in [5, 5.41) is 22.1. The molecule has 1 N–H and O–H groups in total. The first-order valence-electron chi connectivity index (χ1n) is 5.11. The Balaban J connectivity index is 2.20. The van der Waals surface area contributed by atoms with Crippen LogP contribution in [-0.4, -0.2) is 21.0 Å². The van der Waals surface area contributed by atoms with Gasteiger partial charge in [-0.1, -0.05) is 0 Å². The van der Waals surface area contributed by atoms with Crippen LogP contribution in [0.1, 0.15) is 15.4 Å². The number of carbonyl (C=O) groups is 1. The van der Waals surface area contributed by atoms with Crippen molar-refractivity contribution in [2.75, 3.05) is 0 Å². The maximum atomic E-state index is 10.9. The second-order valence-corrected chi connectivity index (χ2v) is 4.43. The highest BCUT2D eigenvalue weighted by Crippen LogP contribution is 2.24. The number of carboxylic acids is 1. The highest BCUT2D eigenvalue weighted by molar-refractivity contribution is 7.09. The van der Waals surface area contributed by atoms with E-state index in [0.29, 0.717) is 0 Å². The first kappa shape index (κ1) is 13.0. The highest BCUT2D eigenvalue weighted by Gasteiger charge is 2.20. The number of thiazole rings is 1. The molecule has 0 aliphatic heterocycles. The Morgan fingerprint density at radius 1 is 1.53 bits per heavy atom. The van der Waals surface area contributed by atoms with E-state index in [2.05, 4.69) is 4.98 Å². The van der Waals surface area contributed by atoms with Crippen LogP contribution in [0.5, 0.6) is 5.75 Å². The lowest BCUT2D eigenvalue weighted by Crippen LogP contribution is -2.03. The van der Waals surface area contributed by atoms with Crippen LogP contribution in [0.25, 0.3) is 0 Å². The van der Waals surface area contributed by atoms with Crippen LogP contribution in [0.2, 0.25) is 0 Å². The van der Waals surface area contributed by atoms with E-state index in [1.165, 1.54) is 17.4 Å². The molecular weight excluding hydrogens is 272 g/mol. The van der Waals surface area contributed by atoms with Gasteiger partial charge in [0.1, 0.15) is 22.9 Å². The smallest absolute Gasteiger partial charge is 0.342 e. The molecule has 1 aromatic carbocycles. The van der Waals surface area contributed by atoms with Gasteiger partial charge in [0, 0.05) is 23.7 Å². The van der Waals surface area contributed by atoms with Gasteiger partial charge in [0.15, 0.2) is 0 Å². The summed E-state index contributed by atoms with van der Waals surface area (Å²) >= 11 is 1.40. The lowest BCUT2D eigenvalue weighted by molar-refractivity contribution is -0.385. The molecule has 0 spiro atoms. The van der Waals surface area contributed by atoms with Crippen LogP contribution in [-0.2, 0) is 6.61 Å². The topological polar surface area (TPSA) is 103 Å². The lowest BCUT2D eigenvalue weighted by Gasteiger charge is -2.05. The van der Waals surface area contributed by atoms with E-state index in [4.69, 9.17) is 9.84 Å². The number of aromatic carboxylic acids is 1. The molecule has 0 bridgehead atoms. The minimum absolute atomic E-state index is 0.189. The van der Waals surface area contributed by atoms with Gasteiger partial charge < -0.3 is 9.84 Å². The molecule has 0 fully saturated rings. The predicted molar refractivity (Wildman–Crippen MR) is 66.5 cm³/mol. The lowest BCUT2D eigenvalue weighted by atomic mass is 10.1. The number of ether oxygens (including phenoxy) is 1. The van der Waals surface area contributed by atoms with Crippen LogP contribution in [0, 0.1) is 10.1 Å². The van der Waals surface area contributed by atoms with Gasteiger partial charge in [-0.05, 0) is 6.07 Å². The van der Waals surface area contributed by atoms with E-state index < -0.39 is 22.1 Å². The Labute approximate surface area is 111 Å². The van der Waals surface area contributed by atoms with E-state index in [1.807, 2.05) is 0 Å². The molecule has 8 heteroatoms. The van der Waals surface area contributed by atoms with E-state index in [0.717, 1.165) is 17.1 Å². The maximum Gasteiger partial charge on any atom is 0.342 e. The van der Waals surface area contributed by atoms with Crippen molar-refractivity contribution in [2.24, 2.45) is 0 Å². The quantitative estimate of drug-likeness (QED) is 0.666. The summed E-state index contributed by atoms with van der Waals surface area (Å²) in [7, 11) is 0. The molecule has 0 atom stereocenters. The van der Waals surface area contributed by atoms with Crippen LogP contribution in [0.3, 0.4) is 0 Å². The van der Waals surface area contributed by atoms with Crippen LogP contribution >= 0.6 is 11.3 Å². The van der Waals surface area contributed by atoms with Crippen LogP contribution in [0.15, 0.2) is 29.8 Å². The van der Waals surface area contributed by atoms with Gasteiger partial charge in [-0.2, -0.15) is 0 Å². The van der Waals surface area contributed by atoms with E-state index >= 15 is 0 Å². The fourth-order valence-corrected chi connectivity index (χ4v) is 1.93. The molecule has 0 aliphatic carbocycles. The van der Waals surface area contributed by atoms with Crippen molar-refractivity contribution < 1.29 is 19.6 Å². The number of aromatic nitrogens is 1. The minimum Gasteiger partial charge on any atom is -0.486 e. The summed E-state index contributed by atoms with van der Waals surface area (Å²) in [6.45, 7) is 0.189. The molecule has 19 heavy (non-hydrogen) atoms. The molecule has 0 saturated carbocycles. The number of nitro benzene ring substituents is 1. The Hall–Kier alpha value is -2.48. The number of hydrogen-bond acceptors (Lipinski definition) is 6. The van der Waals surface area contributed by atoms with Crippen molar-refractivity contribution in [3.05, 3.63) is 50.5 Å². The summed E-state index contributed by atoms with van der Waals surface area (Å²) in [5.74, 6) is -1.12. The molecule has 7 nitrogen and oxygen atoms in total. The predicted octanol–water partition coefficient (Wildman–Crippen LogP) is 2.33. The zero-order chi connectivity index (χ0) is 13.8. The Bertz CT molecular complexity index is 612. The summed E-state index contributed by atoms with van der Waals surface area (Å²) in [6, 6.07) is 3.60. The van der Waals surface area contributed by atoms with Gasteiger partial charge in [-0.15, -0.1) is 11.3 Å². The number of nitro groups is 1. The first-order chi connectivity index (χ1) is 9.08. The molecule has 2 rings (SSSR count). The molecule has 2 aromatic rings. The molecule has 1 aromatic heterocycles. The Kier molecular flexibility index (Phi) is 3.71. The fraction of sp³-hybridized carbons (Fsp3) is 0.0909. The van der Waals surface area contributed by atoms with Crippen LogP contribution in [0.4, 0.5) is 5.69 Å². The Morgan fingerprint density at radius 3 is 2.89 bits per heavy atom. The second kappa shape index (κ2) is 5.44. The molecule has 0 amide bonds. The van der Waals surface area contributed by atoms with E-state index in [-0.39, 0.29) is 12.4 Å². The number of nitrogens with zero attached hydrogens (tertiary/aromatic N) is 2. The van der Waals surface area contributed by atoms with Crippen molar-refractivity contribution in [1.29, 1.82) is 0 Å². The maximum absolute atomic E-state index is 10.9. The molecule has 0 unspecified atom stereocenters. The average Bonchev–Trinajstić information content (AvgIpc) is 2.88. The Morgan fingerprint density at radius 2 is 2.32 bits per heavy atom. The standard InChI is InChI=1S/C11H8N2O5S/c14-11(15)8-5-7(1-2-9(8)13(16)17)18-6-10-12-3-4-19-10/h1-5H,6H2,(H,14,15). The van der Waals surface area contributed by atoms with Gasteiger partial charge in [-0.3, -0.25) is 10.1 Å². The van der Waals surface area contributed by atoms with E-state index in [9.17, 15) is 14.9 Å². The third-order valence-electron chi connectivity index (χ3n) is 2.24. The first-order valence-corrected chi connectivity index (χ1v) is 5.99. The van der Waals surface area contributed by atoms with Gasteiger partial charge in [0.05, 0.1) is 4.92 Å². The molecular formula is C11H8N2O5S. The van der Waals surface area contributed by atoms with E-state index in [1.54, 1.807) is 11.6 Å². The molecule has 98 valence electrons. The largest absolute Gasteiger partial charge is 0.486 e. The average molecular weight is 280 g/mol. The molecule has 0 radical (unpaired) electrons. The fourth-order valence-electron chi connectivity index (χ4n) is 1.40. The van der Waals surface area contributed by atoms with Crippen molar-refractivity contribution in [1.82, 2.24) is 4.98 Å². The summed E-state index contributed by atoms with van der Waals surface area (Å²) in [6.07, 6.45) is 1.63. The molecule has 1 heterocycles. The van der Waals surface area contributed by atoms with Gasteiger partial charge >= 0.3 is 5.97 Å². The van der Waals surface area contributed by atoms with Crippen molar-refractivity contribution in [3.63, 3.8) is 0 Å². The SMILES string of the molecule is O=C(O)c1cc(OCc2nccs2)ccc1[N+](=O)[O-]. The number of benzene rings is 1. The second-order valence-electron chi connectivity index (χ2n) is 3.46. The zero-order valence-corrected chi connectivity index (χ0v) is 10.3. The van der Waals surface area contributed by atoms with Gasteiger partial charge in [0.25, 0.3) is 5.69 Å². The van der Waals surface area contributed by atoms with Gasteiger partial charge in [0.2, 0.25) is 0 Å². The van der Waals surface area contributed by atoms with Crippen molar-refractivity contribution in [3.8, 4) is 5.75 Å². The minimum atomic E-state index is -1.37. The normalized spacial score (nSPS) is 10.1. The van der Waals surface area contributed by atoms with Gasteiger partial charge in [-0.25, -0.2) is 9.78 Å². The van der Waals surface area contributed by atoms with Crippen LogP contribution < -0.4 is 4.74 Å². The third-order valence-corrected chi connectivity index (χ3v) is 2.99. The third kappa shape index (κ3) is 3.05. The van der Waals surface area contributed by atoms with Crippen molar-refractivity contribution in [2.45, 2.75) is 6.61 Å². The zero-order valence-electron chi connectivity index (χ0n) is 9.48. The number of hydrogen-bond donors (Lipinski definition) is 1. The highest BCUT2D eigenvalue weighted by atomic mass is 32.1. The summed E-state index contributed by atoms with van der Waals surface area (Å²) < 4.78 is 5.34. The molecule has 0 saturated heterocycles. The molecule has 0 aliphatic rings. The summed E-state index contributed by atoms with van der Waals surface area (Å²) in [5.41, 5.74) is -0.865. The monoisotopic (exact) mass is 280 g/mol. The van der Waals surface area contributed by atoms with Crippen molar-refractivity contribution >= 4 is 23.0 Å². The number of carboxylic acid groups (broad SMARTS) is 1. The summed E-state index contributed by atoms with van der Waals surface area (Å²) in [4.78, 5) is 24.9.